The Bertz CT molecular complexity index is 484. The van der Waals surface area contributed by atoms with E-state index in [4.69, 9.17) is 0 Å². The monoisotopic (exact) mass is 208 g/mol. The quantitative estimate of drug-likeness (QED) is 0.686. The van der Waals surface area contributed by atoms with Crippen molar-refractivity contribution in [2.24, 2.45) is 9.98 Å². The van der Waals surface area contributed by atoms with E-state index in [1.165, 1.54) is 0 Å². The molecule has 0 saturated heterocycles. The highest BCUT2D eigenvalue weighted by Crippen LogP contribution is 2.17. The van der Waals surface area contributed by atoms with Crippen LogP contribution in [0.3, 0.4) is 0 Å². The average Bonchev–Trinajstić information content (AvgIpc) is 2.38. The first kappa shape index (κ1) is 10.3. The van der Waals surface area contributed by atoms with Gasteiger partial charge in [0, 0.05) is 6.21 Å². The van der Waals surface area contributed by atoms with Crippen LogP contribution in [-0.4, -0.2) is 12.9 Å². The third kappa shape index (κ3) is 2.64. The number of nitrogens with zero attached hydrogens (tertiary/aromatic N) is 2. The molecule has 16 heavy (non-hydrogen) atoms. The van der Waals surface area contributed by atoms with Gasteiger partial charge in [0.15, 0.2) is 0 Å². The topological polar surface area (TPSA) is 24.7 Å². The van der Waals surface area contributed by atoms with E-state index < -0.39 is 0 Å². The zero-order valence-electron chi connectivity index (χ0n) is 8.88. The van der Waals surface area contributed by atoms with Crippen molar-refractivity contribution in [2.45, 2.75) is 0 Å². The SMILES string of the molecule is C=Nc1ccc(N=Cc2ccccc2)cc1. The Morgan fingerprint density at radius 1 is 0.812 bits per heavy atom. The van der Waals surface area contributed by atoms with Crippen LogP contribution in [0, 0.1) is 0 Å². The van der Waals surface area contributed by atoms with E-state index in [-0.39, 0.29) is 0 Å². The van der Waals surface area contributed by atoms with Gasteiger partial charge >= 0.3 is 0 Å². The van der Waals surface area contributed by atoms with Crippen LogP contribution in [0.5, 0.6) is 0 Å². The van der Waals surface area contributed by atoms with Gasteiger partial charge in [0.05, 0.1) is 11.4 Å². The minimum atomic E-state index is 0.860. The lowest BCUT2D eigenvalue weighted by Gasteiger charge is -1.95. The molecule has 0 saturated carbocycles. The number of aliphatic imine (C=N–C) groups is 2. The summed E-state index contributed by atoms with van der Waals surface area (Å²) < 4.78 is 0. The van der Waals surface area contributed by atoms with Gasteiger partial charge in [-0.05, 0) is 36.5 Å². The second-order valence-electron chi connectivity index (χ2n) is 3.34. The molecule has 0 bridgehead atoms. The third-order valence-electron chi connectivity index (χ3n) is 2.19. The largest absolute Gasteiger partial charge is 0.265 e. The Balaban J connectivity index is 2.14. The maximum atomic E-state index is 4.36. The van der Waals surface area contributed by atoms with Gasteiger partial charge in [0.25, 0.3) is 0 Å². The fourth-order valence-electron chi connectivity index (χ4n) is 1.33. The van der Waals surface area contributed by atoms with Crippen LogP contribution < -0.4 is 0 Å². The molecule has 0 amide bonds. The molecule has 2 nitrogen and oxygen atoms in total. The lowest BCUT2D eigenvalue weighted by atomic mass is 10.2. The summed E-state index contributed by atoms with van der Waals surface area (Å²) >= 11 is 0. The Labute approximate surface area is 95.0 Å². The maximum absolute atomic E-state index is 4.36. The smallest absolute Gasteiger partial charge is 0.0631 e. The Morgan fingerprint density at radius 3 is 2.06 bits per heavy atom. The molecular formula is C14H12N2. The predicted octanol–water partition coefficient (Wildman–Crippen LogP) is 3.77. The van der Waals surface area contributed by atoms with E-state index >= 15 is 0 Å². The van der Waals surface area contributed by atoms with Crippen molar-refractivity contribution in [3.63, 3.8) is 0 Å². The van der Waals surface area contributed by atoms with Crippen molar-refractivity contribution in [3.8, 4) is 0 Å². The van der Waals surface area contributed by atoms with Crippen molar-refractivity contribution in [3.05, 3.63) is 60.2 Å². The van der Waals surface area contributed by atoms with Gasteiger partial charge in [0.2, 0.25) is 0 Å². The average molecular weight is 208 g/mol. The summed E-state index contributed by atoms with van der Waals surface area (Å²) in [6.45, 7) is 3.47. The molecule has 2 heteroatoms. The summed E-state index contributed by atoms with van der Waals surface area (Å²) in [6.07, 6.45) is 1.84. The molecule has 0 spiro atoms. The van der Waals surface area contributed by atoms with Gasteiger partial charge in [0.1, 0.15) is 0 Å². The number of benzene rings is 2. The van der Waals surface area contributed by atoms with Crippen LogP contribution in [0.4, 0.5) is 11.4 Å². The van der Waals surface area contributed by atoms with E-state index in [1.807, 2.05) is 60.8 Å². The predicted molar refractivity (Wildman–Crippen MR) is 69.3 cm³/mol. The summed E-state index contributed by atoms with van der Waals surface area (Å²) in [6, 6.07) is 17.6. The Hall–Kier alpha value is -2.22. The Morgan fingerprint density at radius 2 is 1.44 bits per heavy atom. The van der Waals surface area contributed by atoms with Gasteiger partial charge < -0.3 is 0 Å². The van der Waals surface area contributed by atoms with Gasteiger partial charge in [-0.15, -0.1) is 0 Å². The lowest BCUT2D eigenvalue weighted by molar-refractivity contribution is 1.49. The van der Waals surface area contributed by atoms with Crippen molar-refractivity contribution < 1.29 is 0 Å². The van der Waals surface area contributed by atoms with Crippen molar-refractivity contribution in [1.29, 1.82) is 0 Å². The highest BCUT2D eigenvalue weighted by molar-refractivity contribution is 5.81. The third-order valence-corrected chi connectivity index (χ3v) is 2.19. The second-order valence-corrected chi connectivity index (χ2v) is 3.34. The molecule has 0 aliphatic heterocycles. The van der Waals surface area contributed by atoms with E-state index in [9.17, 15) is 0 Å². The van der Waals surface area contributed by atoms with Gasteiger partial charge in [-0.1, -0.05) is 30.3 Å². The molecule has 2 aromatic carbocycles. The first-order chi connectivity index (χ1) is 7.88. The highest BCUT2D eigenvalue weighted by Gasteiger charge is 1.89. The van der Waals surface area contributed by atoms with E-state index in [0.29, 0.717) is 0 Å². The summed E-state index contributed by atoms with van der Waals surface area (Å²) in [5, 5.41) is 0. The second kappa shape index (κ2) is 5.03. The van der Waals surface area contributed by atoms with E-state index in [0.717, 1.165) is 16.9 Å². The molecule has 0 radical (unpaired) electrons. The number of hydrogen-bond donors (Lipinski definition) is 0. The van der Waals surface area contributed by atoms with Crippen molar-refractivity contribution in [1.82, 2.24) is 0 Å². The molecule has 0 aromatic heterocycles. The number of rotatable bonds is 3. The molecular weight excluding hydrogens is 196 g/mol. The standard InChI is InChI=1S/C14H12N2/c1-15-13-7-9-14(10-8-13)16-11-12-5-3-2-4-6-12/h2-11H,1H2. The molecule has 0 unspecified atom stereocenters. The fourth-order valence-corrected chi connectivity index (χ4v) is 1.33. The summed E-state index contributed by atoms with van der Waals surface area (Å²) in [7, 11) is 0. The summed E-state index contributed by atoms with van der Waals surface area (Å²) in [4.78, 5) is 8.19. The normalized spacial score (nSPS) is 10.5. The number of hydrogen-bond acceptors (Lipinski definition) is 2. The molecule has 2 aromatic rings. The maximum Gasteiger partial charge on any atom is 0.0631 e. The Kier molecular flexibility index (Phi) is 3.24. The van der Waals surface area contributed by atoms with E-state index in [1.54, 1.807) is 0 Å². The lowest BCUT2D eigenvalue weighted by Crippen LogP contribution is -1.77. The minimum absolute atomic E-state index is 0.860. The summed E-state index contributed by atoms with van der Waals surface area (Å²) in [5.41, 5.74) is 2.86. The molecule has 78 valence electrons. The van der Waals surface area contributed by atoms with Crippen LogP contribution in [0.1, 0.15) is 5.56 Å². The molecule has 0 aliphatic rings. The molecule has 0 atom stereocenters. The fraction of sp³-hybridized carbons (Fsp3) is 0. The van der Waals surface area contributed by atoms with Gasteiger partial charge in [-0.2, -0.15) is 0 Å². The molecule has 0 fully saturated rings. The van der Waals surface area contributed by atoms with E-state index in [2.05, 4.69) is 16.7 Å². The first-order valence-corrected chi connectivity index (χ1v) is 5.04. The summed E-state index contributed by atoms with van der Waals surface area (Å²) in [5.74, 6) is 0. The van der Waals surface area contributed by atoms with Crippen LogP contribution in [0.2, 0.25) is 0 Å². The van der Waals surface area contributed by atoms with Crippen molar-refractivity contribution in [2.75, 3.05) is 0 Å². The van der Waals surface area contributed by atoms with Crippen LogP contribution in [0.15, 0.2) is 64.6 Å². The van der Waals surface area contributed by atoms with Crippen LogP contribution in [0.25, 0.3) is 0 Å². The molecule has 0 heterocycles. The van der Waals surface area contributed by atoms with Crippen LogP contribution in [-0.2, 0) is 0 Å². The zero-order valence-corrected chi connectivity index (χ0v) is 8.88. The zero-order chi connectivity index (χ0) is 11.2. The van der Waals surface area contributed by atoms with Crippen molar-refractivity contribution >= 4 is 24.3 Å². The van der Waals surface area contributed by atoms with Gasteiger partial charge in [-0.25, -0.2) is 0 Å². The molecule has 0 aliphatic carbocycles. The molecule has 0 N–H and O–H groups in total. The van der Waals surface area contributed by atoms with Crippen LogP contribution >= 0.6 is 0 Å². The first-order valence-electron chi connectivity index (χ1n) is 5.04. The molecule has 2 rings (SSSR count). The highest BCUT2D eigenvalue weighted by atomic mass is 14.7. The minimum Gasteiger partial charge on any atom is -0.265 e. The van der Waals surface area contributed by atoms with Gasteiger partial charge in [-0.3, -0.25) is 9.98 Å².